The van der Waals surface area contributed by atoms with Crippen molar-refractivity contribution in [3.63, 3.8) is 0 Å². The Morgan fingerprint density at radius 2 is 2.00 bits per heavy atom. The van der Waals surface area contributed by atoms with Crippen LogP contribution in [0.1, 0.15) is 0 Å². The van der Waals surface area contributed by atoms with Crippen molar-refractivity contribution in [1.29, 1.82) is 0 Å². The summed E-state index contributed by atoms with van der Waals surface area (Å²) in [5, 5.41) is 0. The lowest BCUT2D eigenvalue weighted by molar-refractivity contribution is 0.690. The van der Waals surface area contributed by atoms with E-state index in [0.717, 1.165) is 9.79 Å². The molecule has 1 heterocycles. The van der Waals surface area contributed by atoms with Crippen molar-refractivity contribution >= 4 is 50.1 Å². The van der Waals surface area contributed by atoms with E-state index >= 15 is 0 Å². The zero-order chi connectivity index (χ0) is 8.39. The summed E-state index contributed by atoms with van der Waals surface area (Å²) in [7, 11) is 5.44. The summed E-state index contributed by atoms with van der Waals surface area (Å²) in [6.45, 7) is 0. The average molecular weight is 252 g/mol. The number of hydrogen-bond donors (Lipinski definition) is 0. The van der Waals surface area contributed by atoms with Gasteiger partial charge >= 0.3 is 0 Å². The second-order valence-electron chi connectivity index (χ2n) is 1.97. The highest BCUT2D eigenvalue weighted by molar-refractivity contribution is 9.34. The van der Waals surface area contributed by atoms with Gasteiger partial charge in [-0.2, -0.15) is 0 Å². The molecule has 1 unspecified atom stereocenters. The average Bonchev–Trinajstić information content (AvgIpc) is 2.29. The first kappa shape index (κ1) is 9.33. The van der Waals surface area contributed by atoms with Crippen LogP contribution in [0.15, 0.2) is 34.1 Å². The lowest BCUT2D eigenvalue weighted by Gasteiger charge is -1.99. The molecule has 0 saturated carbocycles. The smallest absolute Gasteiger partial charge is 0.125 e. The van der Waals surface area contributed by atoms with E-state index in [0.29, 0.717) is 0 Å². The highest BCUT2D eigenvalue weighted by Gasteiger charge is 2.15. The van der Waals surface area contributed by atoms with Crippen LogP contribution in [0.5, 0.6) is 0 Å². The third-order valence-electron chi connectivity index (χ3n) is 1.27. The Balaban J connectivity index is 2.46. The van der Waals surface area contributed by atoms with Crippen LogP contribution in [-0.2, 0) is 9.83 Å². The van der Waals surface area contributed by atoms with E-state index in [9.17, 15) is 4.21 Å². The molecule has 0 N–H and O–H groups in total. The Hall–Kier alpha value is 0.770. The standard InChI is InChI=1S/C6H4OS5/c7-12-6-4-2-1-3-5(6)8-9-10-11-12/h1-4H. The Bertz CT molecular complexity index is 313. The van der Waals surface area contributed by atoms with E-state index in [2.05, 4.69) is 0 Å². The molecule has 1 aromatic carbocycles. The molecule has 1 atom stereocenters. The maximum atomic E-state index is 11.5. The third kappa shape index (κ3) is 1.98. The predicted octanol–water partition coefficient (Wildman–Crippen LogP) is 3.76. The molecule has 1 nitrogen and oxygen atoms in total. The first-order chi connectivity index (χ1) is 5.88. The highest BCUT2D eigenvalue weighted by atomic mass is 33.8. The van der Waals surface area contributed by atoms with Crippen LogP contribution in [0.3, 0.4) is 0 Å². The number of rotatable bonds is 0. The van der Waals surface area contributed by atoms with E-state index in [4.69, 9.17) is 0 Å². The van der Waals surface area contributed by atoms with Gasteiger partial charge in [-0.25, -0.2) is 4.21 Å². The summed E-state index contributed by atoms with van der Waals surface area (Å²) in [6, 6.07) is 7.85. The van der Waals surface area contributed by atoms with Crippen LogP contribution in [0.4, 0.5) is 0 Å². The van der Waals surface area contributed by atoms with E-state index in [-0.39, 0.29) is 0 Å². The molecule has 64 valence electrons. The number of benzene rings is 1. The molecule has 12 heavy (non-hydrogen) atoms. The second kappa shape index (κ2) is 4.32. The Labute approximate surface area is 87.9 Å². The van der Waals surface area contributed by atoms with Gasteiger partial charge < -0.3 is 0 Å². The zero-order valence-electron chi connectivity index (χ0n) is 5.76. The van der Waals surface area contributed by atoms with Crippen molar-refractivity contribution < 1.29 is 4.21 Å². The Morgan fingerprint density at radius 1 is 1.17 bits per heavy atom. The molecule has 0 aromatic heterocycles. The van der Waals surface area contributed by atoms with Gasteiger partial charge in [0.25, 0.3) is 0 Å². The van der Waals surface area contributed by atoms with Gasteiger partial charge in [0.15, 0.2) is 0 Å². The van der Waals surface area contributed by atoms with Crippen molar-refractivity contribution in [2.45, 2.75) is 9.79 Å². The maximum absolute atomic E-state index is 11.5. The summed E-state index contributed by atoms with van der Waals surface area (Å²) < 4.78 is 11.5. The fraction of sp³-hybridized carbons (Fsp3) is 0. The molecular formula is C6H4OS5. The van der Waals surface area contributed by atoms with Crippen LogP contribution in [0, 0.1) is 0 Å². The minimum atomic E-state index is -0.895. The van der Waals surface area contributed by atoms with Crippen LogP contribution >= 0.6 is 40.3 Å². The molecule has 1 aromatic rings. The summed E-state index contributed by atoms with van der Waals surface area (Å²) in [5.74, 6) is 0. The van der Waals surface area contributed by atoms with Crippen LogP contribution in [0.25, 0.3) is 0 Å². The summed E-state index contributed by atoms with van der Waals surface area (Å²) >= 11 is 0. The van der Waals surface area contributed by atoms with Gasteiger partial charge in [-0.1, -0.05) is 12.1 Å². The van der Waals surface area contributed by atoms with Gasteiger partial charge in [0.2, 0.25) is 0 Å². The third-order valence-corrected chi connectivity index (χ3v) is 10.7. The van der Waals surface area contributed by atoms with E-state index in [1.807, 2.05) is 24.3 Å². The van der Waals surface area contributed by atoms with Crippen molar-refractivity contribution in [2.24, 2.45) is 0 Å². The summed E-state index contributed by atoms with van der Waals surface area (Å²) in [5.41, 5.74) is 0. The van der Waals surface area contributed by atoms with Crippen LogP contribution in [0.2, 0.25) is 0 Å². The van der Waals surface area contributed by atoms with Gasteiger partial charge in [0.1, 0.15) is 9.83 Å². The normalized spacial score (nSPS) is 22.8. The second-order valence-corrected chi connectivity index (χ2v) is 10.2. The van der Waals surface area contributed by atoms with Gasteiger partial charge in [-0.3, -0.25) is 0 Å². The quantitative estimate of drug-likeness (QED) is 0.652. The van der Waals surface area contributed by atoms with E-state index in [1.165, 1.54) is 9.83 Å². The molecule has 0 radical (unpaired) electrons. The molecule has 0 bridgehead atoms. The van der Waals surface area contributed by atoms with Crippen LogP contribution in [-0.4, -0.2) is 4.21 Å². The molecule has 6 heteroatoms. The molecule has 2 rings (SSSR count). The first-order valence-corrected chi connectivity index (χ1v) is 9.55. The fourth-order valence-electron chi connectivity index (χ4n) is 0.780. The van der Waals surface area contributed by atoms with Gasteiger partial charge in [0, 0.05) is 24.5 Å². The zero-order valence-corrected chi connectivity index (χ0v) is 9.84. The molecule has 1 aliphatic rings. The summed E-state index contributed by atoms with van der Waals surface area (Å²) in [6.07, 6.45) is 0. The predicted molar refractivity (Wildman–Crippen MR) is 61.5 cm³/mol. The number of fused-ring (bicyclic) bond motifs is 1. The van der Waals surface area contributed by atoms with Gasteiger partial charge in [0.05, 0.1) is 4.90 Å². The molecule has 0 saturated heterocycles. The molecular weight excluding hydrogens is 248 g/mol. The molecule has 0 fully saturated rings. The molecule has 0 aliphatic carbocycles. The van der Waals surface area contributed by atoms with E-state index < -0.39 is 9.83 Å². The first-order valence-electron chi connectivity index (χ1n) is 3.07. The van der Waals surface area contributed by atoms with E-state index in [1.54, 1.807) is 30.4 Å². The minimum Gasteiger partial charge on any atom is -0.242 e. The molecule has 0 amide bonds. The van der Waals surface area contributed by atoms with Crippen molar-refractivity contribution in [1.82, 2.24) is 0 Å². The monoisotopic (exact) mass is 252 g/mol. The Morgan fingerprint density at radius 3 is 2.92 bits per heavy atom. The fourth-order valence-corrected chi connectivity index (χ4v) is 10.8. The lowest BCUT2D eigenvalue weighted by Crippen LogP contribution is -1.84. The molecule has 0 spiro atoms. The lowest BCUT2D eigenvalue weighted by atomic mass is 10.4. The van der Waals surface area contributed by atoms with Gasteiger partial charge in [-0.05, 0) is 32.8 Å². The maximum Gasteiger partial charge on any atom is 0.125 e. The minimum absolute atomic E-state index is 0.895. The van der Waals surface area contributed by atoms with Crippen molar-refractivity contribution in [2.75, 3.05) is 0 Å². The molecule has 1 aliphatic heterocycles. The number of hydrogen-bond acceptors (Lipinski definition) is 5. The highest BCUT2D eigenvalue weighted by Crippen LogP contribution is 2.53. The van der Waals surface area contributed by atoms with Crippen molar-refractivity contribution in [3.05, 3.63) is 24.3 Å². The summed E-state index contributed by atoms with van der Waals surface area (Å²) in [4.78, 5) is 2.07. The topological polar surface area (TPSA) is 17.1 Å². The van der Waals surface area contributed by atoms with Crippen LogP contribution < -0.4 is 0 Å². The Kier molecular flexibility index (Phi) is 3.36. The largest absolute Gasteiger partial charge is 0.242 e. The van der Waals surface area contributed by atoms with Crippen molar-refractivity contribution in [3.8, 4) is 0 Å². The van der Waals surface area contributed by atoms with Gasteiger partial charge in [-0.15, -0.1) is 0 Å². The SMILES string of the molecule is O=S1SSSSc2ccccc21.